The van der Waals surface area contributed by atoms with Gasteiger partial charge in [0.05, 0.1) is 0 Å². The molecular formula is C13H21BrN2S. The van der Waals surface area contributed by atoms with Crippen LogP contribution in [-0.4, -0.2) is 6.04 Å². The van der Waals surface area contributed by atoms with E-state index in [9.17, 15) is 0 Å². The fourth-order valence-electron chi connectivity index (χ4n) is 2.75. The number of hydrogen-bond donors (Lipinski definition) is 2. The van der Waals surface area contributed by atoms with E-state index >= 15 is 0 Å². The zero-order valence-corrected chi connectivity index (χ0v) is 12.5. The summed E-state index contributed by atoms with van der Waals surface area (Å²) in [6, 6.07) is 2.66. The summed E-state index contributed by atoms with van der Waals surface area (Å²) in [5.74, 6) is 6.51. The van der Waals surface area contributed by atoms with Crippen LogP contribution in [0.1, 0.15) is 43.4 Å². The van der Waals surface area contributed by atoms with Crippen LogP contribution in [0.25, 0.3) is 0 Å². The number of halogens is 1. The van der Waals surface area contributed by atoms with Gasteiger partial charge in [0.25, 0.3) is 0 Å². The highest BCUT2D eigenvalue weighted by Crippen LogP contribution is 2.28. The summed E-state index contributed by atoms with van der Waals surface area (Å²) in [5.41, 5.74) is 3.05. The summed E-state index contributed by atoms with van der Waals surface area (Å²) in [6.07, 6.45) is 9.28. The van der Waals surface area contributed by atoms with Gasteiger partial charge in [-0.1, -0.05) is 25.7 Å². The number of hydrogen-bond acceptors (Lipinski definition) is 3. The molecule has 0 aliphatic heterocycles. The molecule has 1 unspecified atom stereocenters. The average molecular weight is 317 g/mol. The summed E-state index contributed by atoms with van der Waals surface area (Å²) in [5, 5.41) is 2.15. The van der Waals surface area contributed by atoms with Gasteiger partial charge in [-0.15, -0.1) is 11.3 Å². The maximum Gasteiger partial charge on any atom is 0.0287 e. The van der Waals surface area contributed by atoms with Crippen LogP contribution in [0.15, 0.2) is 15.9 Å². The Labute approximate surface area is 116 Å². The summed E-state index contributed by atoms with van der Waals surface area (Å²) in [4.78, 5) is 1.42. The summed E-state index contributed by atoms with van der Waals surface area (Å²) in [6.45, 7) is 0. The van der Waals surface area contributed by atoms with Crippen LogP contribution in [0.3, 0.4) is 0 Å². The molecule has 1 atom stereocenters. The number of rotatable bonds is 4. The first-order chi connectivity index (χ1) is 8.29. The van der Waals surface area contributed by atoms with Crippen molar-refractivity contribution in [3.05, 3.63) is 20.8 Å². The maximum absolute atomic E-state index is 5.75. The van der Waals surface area contributed by atoms with Gasteiger partial charge in [-0.2, -0.15) is 0 Å². The van der Waals surface area contributed by atoms with E-state index in [1.807, 2.05) is 11.3 Å². The highest BCUT2D eigenvalue weighted by Gasteiger charge is 2.22. The summed E-state index contributed by atoms with van der Waals surface area (Å²) < 4.78 is 1.19. The van der Waals surface area contributed by atoms with Crippen LogP contribution in [0.5, 0.6) is 0 Å². The van der Waals surface area contributed by atoms with Crippen molar-refractivity contribution in [1.29, 1.82) is 0 Å². The number of thiophene rings is 1. The zero-order chi connectivity index (χ0) is 12.1. The molecule has 1 aliphatic rings. The normalized spacial score (nSPS) is 20.1. The smallest absolute Gasteiger partial charge is 0.0287 e. The minimum Gasteiger partial charge on any atom is -0.271 e. The molecule has 0 bridgehead atoms. The van der Waals surface area contributed by atoms with Crippen LogP contribution in [0, 0.1) is 5.92 Å². The number of nitrogens with two attached hydrogens (primary N) is 1. The molecule has 0 saturated heterocycles. The van der Waals surface area contributed by atoms with Crippen LogP contribution >= 0.6 is 27.3 Å². The molecule has 1 aromatic heterocycles. The fraction of sp³-hybridized carbons (Fsp3) is 0.692. The summed E-state index contributed by atoms with van der Waals surface area (Å²) >= 11 is 5.33. The molecule has 2 nitrogen and oxygen atoms in total. The van der Waals surface area contributed by atoms with Crippen molar-refractivity contribution in [2.24, 2.45) is 11.8 Å². The lowest BCUT2D eigenvalue weighted by atomic mass is 9.90. The largest absolute Gasteiger partial charge is 0.271 e. The molecule has 2 rings (SSSR count). The molecule has 1 heterocycles. The van der Waals surface area contributed by atoms with Gasteiger partial charge in [0, 0.05) is 20.8 Å². The molecule has 3 N–H and O–H groups in total. The Kier molecular flexibility index (Phi) is 5.48. The summed E-state index contributed by atoms with van der Waals surface area (Å²) in [7, 11) is 0. The molecule has 1 aromatic rings. The molecule has 17 heavy (non-hydrogen) atoms. The molecule has 0 amide bonds. The lowest BCUT2D eigenvalue weighted by molar-refractivity contribution is 0.321. The second-order valence-corrected chi connectivity index (χ2v) is 6.87. The molecule has 96 valence electrons. The van der Waals surface area contributed by atoms with Crippen LogP contribution in [0.2, 0.25) is 0 Å². The lowest BCUT2D eigenvalue weighted by Crippen LogP contribution is -2.42. The Morgan fingerprint density at radius 2 is 2.06 bits per heavy atom. The van der Waals surface area contributed by atoms with E-state index in [1.54, 1.807) is 0 Å². The van der Waals surface area contributed by atoms with Gasteiger partial charge in [-0.05, 0) is 47.2 Å². The van der Waals surface area contributed by atoms with Gasteiger partial charge < -0.3 is 0 Å². The van der Waals surface area contributed by atoms with Gasteiger partial charge in [0.2, 0.25) is 0 Å². The Morgan fingerprint density at radius 3 is 2.59 bits per heavy atom. The van der Waals surface area contributed by atoms with Crippen LogP contribution in [0.4, 0.5) is 0 Å². The second-order valence-electron chi connectivity index (χ2n) is 4.96. The lowest BCUT2D eigenvalue weighted by Gasteiger charge is -2.25. The van der Waals surface area contributed by atoms with Crippen molar-refractivity contribution < 1.29 is 0 Å². The zero-order valence-electron chi connectivity index (χ0n) is 10.1. The Morgan fingerprint density at radius 1 is 1.35 bits per heavy atom. The van der Waals surface area contributed by atoms with Crippen molar-refractivity contribution in [1.82, 2.24) is 5.43 Å². The topological polar surface area (TPSA) is 38.0 Å². The average Bonchev–Trinajstić information content (AvgIpc) is 2.58. The highest BCUT2D eigenvalue weighted by atomic mass is 79.9. The quantitative estimate of drug-likeness (QED) is 0.503. The van der Waals surface area contributed by atoms with Gasteiger partial charge >= 0.3 is 0 Å². The minimum atomic E-state index is 0.443. The van der Waals surface area contributed by atoms with E-state index < -0.39 is 0 Å². The molecule has 1 saturated carbocycles. The second kappa shape index (κ2) is 6.88. The van der Waals surface area contributed by atoms with Crippen molar-refractivity contribution in [2.45, 2.75) is 51.0 Å². The molecule has 4 heteroatoms. The molecule has 1 aliphatic carbocycles. The third-order valence-corrected chi connectivity index (χ3v) is 5.45. The van der Waals surface area contributed by atoms with Gasteiger partial charge in [-0.3, -0.25) is 11.3 Å². The number of nitrogens with one attached hydrogen (secondary N) is 1. The Bertz CT molecular complexity index is 332. The predicted octanol–water partition coefficient (Wildman–Crippen LogP) is 3.86. The van der Waals surface area contributed by atoms with Gasteiger partial charge in [0.15, 0.2) is 0 Å². The Hall–Kier alpha value is 0.1000. The molecular weight excluding hydrogens is 296 g/mol. The van der Waals surface area contributed by atoms with Gasteiger partial charge in [0.1, 0.15) is 0 Å². The third-order valence-electron chi connectivity index (χ3n) is 3.73. The first kappa shape index (κ1) is 13.5. The standard InChI is InChI=1S/C13H21BrN2S/c14-11-7-12(17-9-11)8-13(16-15)10-5-3-1-2-4-6-10/h7,9-10,13,16H,1-6,8,15H2. The van der Waals surface area contributed by atoms with Crippen molar-refractivity contribution in [3.63, 3.8) is 0 Å². The van der Waals surface area contributed by atoms with E-state index in [1.165, 1.54) is 47.9 Å². The Balaban J connectivity index is 1.95. The van der Waals surface area contributed by atoms with E-state index in [-0.39, 0.29) is 0 Å². The molecule has 0 spiro atoms. The van der Waals surface area contributed by atoms with E-state index in [0.717, 1.165) is 12.3 Å². The van der Waals surface area contributed by atoms with Crippen LogP contribution in [-0.2, 0) is 6.42 Å². The first-order valence-corrected chi connectivity index (χ1v) is 8.16. The van der Waals surface area contributed by atoms with E-state index in [4.69, 9.17) is 5.84 Å². The molecule has 0 aromatic carbocycles. The van der Waals surface area contributed by atoms with Crippen LogP contribution < -0.4 is 11.3 Å². The minimum absolute atomic E-state index is 0.443. The predicted molar refractivity (Wildman–Crippen MR) is 78.0 cm³/mol. The van der Waals surface area contributed by atoms with Crippen molar-refractivity contribution >= 4 is 27.3 Å². The third kappa shape index (κ3) is 4.05. The van der Waals surface area contributed by atoms with E-state index in [0.29, 0.717) is 6.04 Å². The fourth-order valence-corrected chi connectivity index (χ4v) is 4.26. The van der Waals surface area contributed by atoms with Crippen molar-refractivity contribution in [2.75, 3.05) is 0 Å². The molecule has 1 fully saturated rings. The van der Waals surface area contributed by atoms with Gasteiger partial charge in [-0.25, -0.2) is 0 Å². The first-order valence-electron chi connectivity index (χ1n) is 6.48. The van der Waals surface area contributed by atoms with E-state index in [2.05, 4.69) is 32.8 Å². The van der Waals surface area contributed by atoms with Crippen molar-refractivity contribution in [3.8, 4) is 0 Å². The monoisotopic (exact) mass is 316 g/mol. The maximum atomic E-state index is 5.75. The SMILES string of the molecule is NNC(Cc1cc(Br)cs1)C1CCCCCC1. The number of hydrazine groups is 1. The highest BCUT2D eigenvalue weighted by molar-refractivity contribution is 9.10. The molecule has 0 radical (unpaired) electrons.